The molecule has 0 aliphatic rings. The molecule has 0 saturated carbocycles. The average molecular weight is 232 g/mol. The first-order chi connectivity index (χ1) is 6.88. The summed E-state index contributed by atoms with van der Waals surface area (Å²) in [5.74, 6) is -0.422. The normalized spacial score (nSPS) is 11.3. The van der Waals surface area contributed by atoms with E-state index in [0.29, 0.717) is 11.4 Å². The number of anilines is 2. The second kappa shape index (κ2) is 4.48. The molecular formula is C9H13FN2O2S. The highest BCUT2D eigenvalue weighted by atomic mass is 32.2. The van der Waals surface area contributed by atoms with Crippen LogP contribution in [0.3, 0.4) is 0 Å². The van der Waals surface area contributed by atoms with Gasteiger partial charge in [-0.15, -0.1) is 0 Å². The van der Waals surface area contributed by atoms with Crippen molar-refractivity contribution in [3.63, 3.8) is 0 Å². The predicted octanol–water partition coefficient (Wildman–Crippen LogP) is 0.864. The van der Waals surface area contributed by atoms with Crippen LogP contribution >= 0.6 is 0 Å². The van der Waals surface area contributed by atoms with Gasteiger partial charge in [0.2, 0.25) is 0 Å². The third kappa shape index (κ3) is 4.16. The van der Waals surface area contributed by atoms with Gasteiger partial charge in [0.15, 0.2) is 0 Å². The smallest absolute Gasteiger partial charge is 0.149 e. The van der Waals surface area contributed by atoms with Crippen molar-refractivity contribution >= 4 is 21.2 Å². The Morgan fingerprint density at radius 2 is 2.13 bits per heavy atom. The lowest BCUT2D eigenvalue weighted by Gasteiger charge is -2.08. The molecule has 0 amide bonds. The summed E-state index contributed by atoms with van der Waals surface area (Å²) in [6.45, 7) is 0.215. The first-order valence-corrected chi connectivity index (χ1v) is 6.41. The van der Waals surface area contributed by atoms with Gasteiger partial charge in [0, 0.05) is 12.8 Å². The molecule has 0 saturated heterocycles. The zero-order valence-electron chi connectivity index (χ0n) is 8.33. The maximum atomic E-state index is 12.8. The molecule has 0 radical (unpaired) electrons. The van der Waals surface area contributed by atoms with Gasteiger partial charge < -0.3 is 11.1 Å². The highest BCUT2D eigenvalue weighted by molar-refractivity contribution is 7.90. The first-order valence-electron chi connectivity index (χ1n) is 4.35. The number of nitrogens with two attached hydrogens (primary N) is 1. The van der Waals surface area contributed by atoms with E-state index in [4.69, 9.17) is 5.73 Å². The number of hydrogen-bond donors (Lipinski definition) is 2. The SMILES string of the molecule is CS(=O)(=O)CCNc1cc(F)ccc1N. The van der Waals surface area contributed by atoms with Crippen molar-refractivity contribution < 1.29 is 12.8 Å². The van der Waals surface area contributed by atoms with Crippen LogP contribution in [0.4, 0.5) is 15.8 Å². The van der Waals surface area contributed by atoms with Crippen molar-refractivity contribution in [1.82, 2.24) is 0 Å². The van der Waals surface area contributed by atoms with E-state index in [0.717, 1.165) is 6.26 Å². The molecule has 0 atom stereocenters. The average Bonchev–Trinajstić information content (AvgIpc) is 2.09. The van der Waals surface area contributed by atoms with Crippen LogP contribution in [-0.2, 0) is 9.84 Å². The van der Waals surface area contributed by atoms with Gasteiger partial charge >= 0.3 is 0 Å². The Balaban J connectivity index is 2.61. The van der Waals surface area contributed by atoms with Gasteiger partial charge in [-0.3, -0.25) is 0 Å². The molecule has 6 heteroatoms. The summed E-state index contributed by atoms with van der Waals surface area (Å²) in [6.07, 6.45) is 1.14. The van der Waals surface area contributed by atoms with Gasteiger partial charge in [0.1, 0.15) is 15.7 Å². The van der Waals surface area contributed by atoms with E-state index in [2.05, 4.69) is 5.32 Å². The van der Waals surface area contributed by atoms with Crippen LogP contribution in [0.2, 0.25) is 0 Å². The fraction of sp³-hybridized carbons (Fsp3) is 0.333. The quantitative estimate of drug-likeness (QED) is 0.755. The monoisotopic (exact) mass is 232 g/mol. The second-order valence-corrected chi connectivity index (χ2v) is 5.55. The van der Waals surface area contributed by atoms with E-state index in [1.165, 1.54) is 18.2 Å². The minimum atomic E-state index is -3.01. The Hall–Kier alpha value is -1.30. The summed E-state index contributed by atoms with van der Waals surface area (Å²) in [5, 5.41) is 2.77. The van der Waals surface area contributed by atoms with E-state index in [1.54, 1.807) is 0 Å². The Labute approximate surface area is 88.2 Å². The summed E-state index contributed by atoms with van der Waals surface area (Å²) in [5.41, 5.74) is 6.37. The van der Waals surface area contributed by atoms with Gasteiger partial charge in [-0.1, -0.05) is 0 Å². The molecule has 1 rings (SSSR count). The predicted molar refractivity (Wildman–Crippen MR) is 59.0 cm³/mol. The molecule has 0 aliphatic heterocycles. The van der Waals surface area contributed by atoms with Gasteiger partial charge in [-0.25, -0.2) is 12.8 Å². The molecule has 1 aromatic rings. The maximum Gasteiger partial charge on any atom is 0.149 e. The zero-order chi connectivity index (χ0) is 11.5. The van der Waals surface area contributed by atoms with Crippen LogP contribution in [0, 0.1) is 5.82 Å². The van der Waals surface area contributed by atoms with E-state index in [9.17, 15) is 12.8 Å². The topological polar surface area (TPSA) is 72.2 Å². The van der Waals surface area contributed by atoms with Crippen molar-refractivity contribution in [2.24, 2.45) is 0 Å². The van der Waals surface area contributed by atoms with Crippen LogP contribution in [0.15, 0.2) is 18.2 Å². The molecule has 0 fully saturated rings. The van der Waals surface area contributed by atoms with Crippen LogP contribution in [0.25, 0.3) is 0 Å². The number of nitrogen functional groups attached to an aromatic ring is 1. The standard InChI is InChI=1S/C9H13FN2O2S/c1-15(13,14)5-4-12-9-6-7(10)2-3-8(9)11/h2-3,6,12H,4-5,11H2,1H3. The Morgan fingerprint density at radius 3 is 2.73 bits per heavy atom. The van der Waals surface area contributed by atoms with Crippen molar-refractivity contribution in [2.75, 3.05) is 29.6 Å². The summed E-state index contributed by atoms with van der Waals surface area (Å²) in [6, 6.07) is 3.91. The second-order valence-electron chi connectivity index (χ2n) is 3.29. The highest BCUT2D eigenvalue weighted by Crippen LogP contribution is 2.18. The Kier molecular flexibility index (Phi) is 3.52. The summed E-state index contributed by atoms with van der Waals surface area (Å²) in [4.78, 5) is 0. The molecule has 1 aromatic carbocycles. The van der Waals surface area contributed by atoms with E-state index >= 15 is 0 Å². The molecule has 0 unspecified atom stereocenters. The fourth-order valence-electron chi connectivity index (χ4n) is 1.05. The molecule has 0 aliphatic carbocycles. The molecule has 0 heterocycles. The van der Waals surface area contributed by atoms with Crippen LogP contribution in [0.5, 0.6) is 0 Å². The summed E-state index contributed by atoms with van der Waals surface area (Å²) < 4.78 is 34.5. The van der Waals surface area contributed by atoms with Crippen molar-refractivity contribution in [2.45, 2.75) is 0 Å². The highest BCUT2D eigenvalue weighted by Gasteiger charge is 2.03. The third-order valence-corrected chi connectivity index (χ3v) is 2.75. The number of nitrogens with one attached hydrogen (secondary N) is 1. The van der Waals surface area contributed by atoms with Crippen LogP contribution < -0.4 is 11.1 Å². The molecule has 0 aromatic heterocycles. The minimum absolute atomic E-state index is 0.0110. The molecule has 84 valence electrons. The first kappa shape index (κ1) is 11.8. The molecule has 4 nitrogen and oxygen atoms in total. The number of halogens is 1. The molecule has 0 bridgehead atoms. The van der Waals surface area contributed by atoms with E-state index in [-0.39, 0.29) is 12.3 Å². The van der Waals surface area contributed by atoms with Crippen molar-refractivity contribution in [3.8, 4) is 0 Å². The summed E-state index contributed by atoms with van der Waals surface area (Å²) in [7, 11) is -3.01. The summed E-state index contributed by atoms with van der Waals surface area (Å²) >= 11 is 0. The number of hydrogen-bond acceptors (Lipinski definition) is 4. The molecule has 0 spiro atoms. The van der Waals surface area contributed by atoms with Gasteiger partial charge in [-0.05, 0) is 18.2 Å². The number of sulfone groups is 1. The van der Waals surface area contributed by atoms with Gasteiger partial charge in [0.25, 0.3) is 0 Å². The van der Waals surface area contributed by atoms with Crippen LogP contribution in [0.1, 0.15) is 0 Å². The largest absolute Gasteiger partial charge is 0.397 e. The lowest BCUT2D eigenvalue weighted by atomic mass is 10.2. The molecule has 3 N–H and O–H groups in total. The number of rotatable bonds is 4. The molecule has 15 heavy (non-hydrogen) atoms. The fourth-order valence-corrected chi connectivity index (χ4v) is 1.53. The van der Waals surface area contributed by atoms with E-state index in [1.807, 2.05) is 0 Å². The Morgan fingerprint density at radius 1 is 1.47 bits per heavy atom. The van der Waals surface area contributed by atoms with Crippen LogP contribution in [-0.4, -0.2) is 27.0 Å². The van der Waals surface area contributed by atoms with Gasteiger partial charge in [0.05, 0.1) is 17.1 Å². The zero-order valence-corrected chi connectivity index (χ0v) is 9.14. The lowest BCUT2D eigenvalue weighted by molar-refractivity contribution is 0.602. The Bertz CT molecular complexity index is 445. The lowest BCUT2D eigenvalue weighted by Crippen LogP contribution is -2.14. The maximum absolute atomic E-state index is 12.8. The van der Waals surface area contributed by atoms with E-state index < -0.39 is 15.7 Å². The third-order valence-electron chi connectivity index (χ3n) is 1.80. The number of benzene rings is 1. The molecular weight excluding hydrogens is 219 g/mol. The van der Waals surface area contributed by atoms with Gasteiger partial charge in [-0.2, -0.15) is 0 Å². The van der Waals surface area contributed by atoms with Crippen molar-refractivity contribution in [1.29, 1.82) is 0 Å². The van der Waals surface area contributed by atoms with Crippen molar-refractivity contribution in [3.05, 3.63) is 24.0 Å². The minimum Gasteiger partial charge on any atom is -0.397 e.